The highest BCUT2D eigenvalue weighted by atomic mass is 16.5. The number of benzene rings is 2. The summed E-state index contributed by atoms with van der Waals surface area (Å²) in [5.74, 6) is 4.68. The first-order valence-electron chi connectivity index (χ1n) is 9.13. The number of ether oxygens (including phenoxy) is 2. The van der Waals surface area contributed by atoms with Crippen molar-refractivity contribution in [1.82, 2.24) is 0 Å². The predicted octanol–water partition coefficient (Wildman–Crippen LogP) is 3.31. The van der Waals surface area contributed by atoms with Gasteiger partial charge in [-0.05, 0) is 50.6 Å². The van der Waals surface area contributed by atoms with Crippen LogP contribution in [-0.4, -0.2) is 24.1 Å². The van der Waals surface area contributed by atoms with Crippen molar-refractivity contribution >= 4 is 11.9 Å². The third kappa shape index (κ3) is 5.70. The Bertz CT molecular complexity index is 861. The van der Waals surface area contributed by atoms with Crippen LogP contribution in [0.5, 0.6) is 0 Å². The smallest absolute Gasteiger partial charge is 0.338 e. The van der Waals surface area contributed by atoms with Crippen LogP contribution in [0.1, 0.15) is 42.3 Å². The van der Waals surface area contributed by atoms with Gasteiger partial charge in [-0.25, -0.2) is 4.79 Å². The minimum atomic E-state index is -1.24. The number of esters is 2. The maximum Gasteiger partial charge on any atom is 0.338 e. The number of carbonyl (C=O) groups is 2. The molecule has 0 aliphatic rings. The molecule has 146 valence electrons. The van der Waals surface area contributed by atoms with E-state index in [9.17, 15) is 9.59 Å². The second-order valence-corrected chi connectivity index (χ2v) is 6.63. The van der Waals surface area contributed by atoms with Gasteiger partial charge in [0.05, 0.1) is 12.2 Å². The van der Waals surface area contributed by atoms with Crippen molar-refractivity contribution in [2.45, 2.75) is 32.9 Å². The van der Waals surface area contributed by atoms with Crippen molar-refractivity contribution in [2.24, 2.45) is 11.7 Å². The Morgan fingerprint density at radius 3 is 2.32 bits per heavy atom. The first-order chi connectivity index (χ1) is 13.3. The van der Waals surface area contributed by atoms with Crippen LogP contribution >= 0.6 is 0 Å². The third-order valence-electron chi connectivity index (χ3n) is 4.38. The van der Waals surface area contributed by atoms with Crippen LogP contribution in [-0.2, 0) is 20.9 Å². The molecule has 5 nitrogen and oxygen atoms in total. The van der Waals surface area contributed by atoms with E-state index in [1.54, 1.807) is 45.0 Å². The molecule has 0 saturated carbocycles. The molecule has 28 heavy (non-hydrogen) atoms. The summed E-state index contributed by atoms with van der Waals surface area (Å²) in [6.07, 6.45) is 0. The third-order valence-corrected chi connectivity index (χ3v) is 4.38. The minimum absolute atomic E-state index is 0.169. The van der Waals surface area contributed by atoms with Crippen molar-refractivity contribution in [1.29, 1.82) is 0 Å². The number of rotatable bonds is 6. The molecule has 0 radical (unpaired) electrons. The Balaban J connectivity index is 1.99. The van der Waals surface area contributed by atoms with E-state index in [4.69, 9.17) is 15.2 Å². The second kappa shape index (κ2) is 9.72. The normalized spacial score (nSPS) is 13.4. The van der Waals surface area contributed by atoms with Crippen molar-refractivity contribution in [3.8, 4) is 11.8 Å². The lowest BCUT2D eigenvalue weighted by atomic mass is 9.88. The molecule has 0 saturated heterocycles. The standard InChI is InChI=1S/C23H25NO4/c1-4-27-21(25)20-14-12-18(13-15-20)11-10-17(2)23(3,24)22(26)28-16-19-8-6-5-7-9-19/h5-9,12-15,17H,4,16,24H2,1-3H3/t17-,23+/m1/s1. The van der Waals surface area contributed by atoms with E-state index < -0.39 is 17.4 Å². The summed E-state index contributed by atoms with van der Waals surface area (Å²) < 4.78 is 10.3. The molecular formula is C23H25NO4. The number of nitrogens with two attached hydrogens (primary N) is 1. The first kappa shape index (κ1) is 21.2. The molecule has 0 fully saturated rings. The van der Waals surface area contributed by atoms with E-state index in [0.29, 0.717) is 17.7 Å². The van der Waals surface area contributed by atoms with Gasteiger partial charge in [0.1, 0.15) is 12.1 Å². The molecule has 0 aromatic heterocycles. The Kier molecular flexibility index (Phi) is 7.36. The monoisotopic (exact) mass is 379 g/mol. The van der Waals surface area contributed by atoms with E-state index in [-0.39, 0.29) is 12.6 Å². The van der Waals surface area contributed by atoms with Gasteiger partial charge in [-0.15, -0.1) is 0 Å². The van der Waals surface area contributed by atoms with Gasteiger partial charge >= 0.3 is 11.9 Å². The summed E-state index contributed by atoms with van der Waals surface area (Å²) in [6, 6.07) is 16.2. The van der Waals surface area contributed by atoms with Gasteiger partial charge in [0.2, 0.25) is 0 Å². The molecule has 2 aromatic carbocycles. The largest absolute Gasteiger partial charge is 0.462 e. The molecule has 0 amide bonds. The van der Waals surface area contributed by atoms with E-state index in [0.717, 1.165) is 5.56 Å². The molecule has 2 aromatic rings. The zero-order valence-electron chi connectivity index (χ0n) is 16.4. The highest BCUT2D eigenvalue weighted by Gasteiger charge is 2.35. The molecule has 0 spiro atoms. The second-order valence-electron chi connectivity index (χ2n) is 6.63. The van der Waals surface area contributed by atoms with E-state index in [1.807, 2.05) is 30.3 Å². The van der Waals surface area contributed by atoms with Crippen LogP contribution in [0.25, 0.3) is 0 Å². The van der Waals surface area contributed by atoms with Crippen molar-refractivity contribution in [3.63, 3.8) is 0 Å². The van der Waals surface area contributed by atoms with Crippen LogP contribution in [0.3, 0.4) is 0 Å². The minimum Gasteiger partial charge on any atom is -0.462 e. The molecular weight excluding hydrogens is 354 g/mol. The molecule has 0 bridgehead atoms. The van der Waals surface area contributed by atoms with Crippen molar-refractivity contribution in [3.05, 3.63) is 71.3 Å². The van der Waals surface area contributed by atoms with Crippen LogP contribution in [0, 0.1) is 17.8 Å². The van der Waals surface area contributed by atoms with Crippen LogP contribution < -0.4 is 5.73 Å². The van der Waals surface area contributed by atoms with Gasteiger partial charge in [0.25, 0.3) is 0 Å². The lowest BCUT2D eigenvalue weighted by molar-refractivity contribution is -0.152. The first-order valence-corrected chi connectivity index (χ1v) is 9.13. The zero-order valence-corrected chi connectivity index (χ0v) is 16.4. The molecule has 0 aliphatic carbocycles. The fraction of sp³-hybridized carbons (Fsp3) is 0.304. The summed E-state index contributed by atoms with van der Waals surface area (Å²) >= 11 is 0. The van der Waals surface area contributed by atoms with Crippen LogP contribution in [0.4, 0.5) is 0 Å². The van der Waals surface area contributed by atoms with Gasteiger partial charge in [0, 0.05) is 11.5 Å². The topological polar surface area (TPSA) is 78.6 Å². The Morgan fingerprint density at radius 1 is 1.07 bits per heavy atom. The fourth-order valence-electron chi connectivity index (χ4n) is 2.30. The van der Waals surface area contributed by atoms with Gasteiger partial charge in [-0.3, -0.25) is 4.79 Å². The average Bonchev–Trinajstić information content (AvgIpc) is 2.71. The van der Waals surface area contributed by atoms with E-state index in [2.05, 4.69) is 11.8 Å². The zero-order chi connectivity index (χ0) is 20.6. The molecule has 2 N–H and O–H groups in total. The van der Waals surface area contributed by atoms with Gasteiger partial charge in [0.15, 0.2) is 0 Å². The Morgan fingerprint density at radius 2 is 1.71 bits per heavy atom. The number of hydrogen-bond donors (Lipinski definition) is 1. The van der Waals surface area contributed by atoms with Crippen molar-refractivity contribution < 1.29 is 19.1 Å². The summed E-state index contributed by atoms with van der Waals surface area (Å²) in [5.41, 5.74) is 7.03. The molecule has 0 heterocycles. The SMILES string of the molecule is CCOC(=O)c1ccc(C#C[C@@H](C)[C@](C)(N)C(=O)OCc2ccccc2)cc1. The highest BCUT2D eigenvalue weighted by Crippen LogP contribution is 2.17. The predicted molar refractivity (Wildman–Crippen MR) is 107 cm³/mol. The van der Waals surface area contributed by atoms with Crippen LogP contribution in [0.2, 0.25) is 0 Å². The maximum atomic E-state index is 12.4. The Hall–Kier alpha value is -3.10. The lowest BCUT2D eigenvalue weighted by Gasteiger charge is -2.25. The maximum absolute atomic E-state index is 12.4. The summed E-state index contributed by atoms with van der Waals surface area (Å²) in [7, 11) is 0. The highest BCUT2D eigenvalue weighted by molar-refractivity contribution is 5.89. The number of carbonyl (C=O) groups excluding carboxylic acids is 2. The molecule has 5 heteroatoms. The van der Waals surface area contributed by atoms with Gasteiger partial charge < -0.3 is 15.2 Å². The quantitative estimate of drug-likeness (QED) is 0.615. The van der Waals surface area contributed by atoms with E-state index in [1.165, 1.54) is 0 Å². The summed E-state index contributed by atoms with van der Waals surface area (Å²) in [5, 5.41) is 0. The van der Waals surface area contributed by atoms with Gasteiger partial charge in [-0.2, -0.15) is 0 Å². The summed E-state index contributed by atoms with van der Waals surface area (Å²) in [4.78, 5) is 24.1. The van der Waals surface area contributed by atoms with E-state index >= 15 is 0 Å². The molecule has 2 atom stereocenters. The molecule has 2 rings (SSSR count). The van der Waals surface area contributed by atoms with Crippen LogP contribution in [0.15, 0.2) is 54.6 Å². The fourth-order valence-corrected chi connectivity index (χ4v) is 2.30. The number of hydrogen-bond acceptors (Lipinski definition) is 5. The lowest BCUT2D eigenvalue weighted by Crippen LogP contribution is -2.51. The molecule has 0 aliphatic heterocycles. The average molecular weight is 379 g/mol. The summed E-state index contributed by atoms with van der Waals surface area (Å²) in [6.45, 7) is 5.65. The molecule has 0 unspecified atom stereocenters. The van der Waals surface area contributed by atoms with Gasteiger partial charge in [-0.1, -0.05) is 42.2 Å². The Labute approximate surface area is 165 Å². The van der Waals surface area contributed by atoms with Crippen molar-refractivity contribution in [2.75, 3.05) is 6.61 Å².